The van der Waals surface area contributed by atoms with Gasteiger partial charge in [0.05, 0.1) is 16.4 Å². The van der Waals surface area contributed by atoms with Gasteiger partial charge in [0.1, 0.15) is 5.69 Å². The number of carbonyl (C=O) groups is 1. The van der Waals surface area contributed by atoms with E-state index in [2.05, 4.69) is 10.4 Å². The maximum absolute atomic E-state index is 13.1. The molecule has 0 radical (unpaired) electrons. The van der Waals surface area contributed by atoms with E-state index in [1.807, 2.05) is 12.1 Å². The first-order chi connectivity index (χ1) is 15.2. The number of carbonyl (C=O) groups excluding carboxylic acids is 1. The summed E-state index contributed by atoms with van der Waals surface area (Å²) in [5, 5.41) is 20.6. The van der Waals surface area contributed by atoms with E-state index in [-0.39, 0.29) is 5.69 Å². The molecule has 2 aromatic carbocycles. The number of pyridine rings is 1. The summed E-state index contributed by atoms with van der Waals surface area (Å²) in [4.78, 5) is 13.1. The van der Waals surface area contributed by atoms with Gasteiger partial charge in [-0.25, -0.2) is 4.68 Å². The monoisotopic (exact) mass is 486 g/mol. The molecule has 0 atom stereocenters. The summed E-state index contributed by atoms with van der Waals surface area (Å²) in [6.45, 7) is 3.48. The molecule has 32 heavy (non-hydrogen) atoms. The molecule has 4 aromatic rings. The van der Waals surface area contributed by atoms with Crippen molar-refractivity contribution in [3.63, 3.8) is 0 Å². The minimum atomic E-state index is -0.453. The van der Waals surface area contributed by atoms with Crippen LogP contribution in [-0.2, 0) is 0 Å². The molecule has 1 amide bonds. The smallest absolute Gasteiger partial charge is 0.276 e. The van der Waals surface area contributed by atoms with Crippen LogP contribution in [0.2, 0.25) is 15.1 Å². The molecule has 0 saturated heterocycles. The average Bonchev–Trinajstić information content (AvgIpc) is 3.08. The maximum atomic E-state index is 13.1. The molecule has 2 aromatic heterocycles. The van der Waals surface area contributed by atoms with E-state index in [4.69, 9.17) is 34.8 Å². The largest absolute Gasteiger partial charge is 0.618 e. The lowest BCUT2D eigenvalue weighted by Crippen LogP contribution is -2.30. The van der Waals surface area contributed by atoms with E-state index < -0.39 is 5.91 Å². The molecule has 1 N–H and O–H groups in total. The molecule has 2 heterocycles. The number of hydrogen-bond donors (Lipinski definition) is 1. The summed E-state index contributed by atoms with van der Waals surface area (Å²) in [5.74, 6) is -0.453. The van der Waals surface area contributed by atoms with Crippen molar-refractivity contribution in [1.29, 1.82) is 0 Å². The predicted octanol–water partition coefficient (Wildman–Crippen LogP) is 6.00. The fraction of sp³-hybridized carbons (Fsp3) is 0.0870. The van der Waals surface area contributed by atoms with Gasteiger partial charge in [0.15, 0.2) is 11.4 Å². The summed E-state index contributed by atoms with van der Waals surface area (Å²) < 4.78 is 2.29. The van der Waals surface area contributed by atoms with Gasteiger partial charge >= 0.3 is 0 Å². The van der Waals surface area contributed by atoms with Crippen molar-refractivity contribution in [2.24, 2.45) is 0 Å². The molecule has 0 aliphatic rings. The van der Waals surface area contributed by atoms with E-state index in [1.165, 1.54) is 6.20 Å². The first-order valence-electron chi connectivity index (χ1n) is 9.57. The third-order valence-corrected chi connectivity index (χ3v) is 5.75. The van der Waals surface area contributed by atoms with Crippen LogP contribution in [0.5, 0.6) is 0 Å². The topological polar surface area (TPSA) is 73.9 Å². The standard InChI is InChI=1S/C23H17Cl3N4O2/c1-13-3-9-18(12-29(13)32)27-23(31)21-14(2)22(15-4-6-16(24)7-5-15)30(28-21)20-10-8-17(25)11-19(20)26/h3-12H,1-2H3,(H,27,31). The molecule has 9 heteroatoms. The number of benzene rings is 2. The van der Waals surface area contributed by atoms with Gasteiger partial charge in [0.25, 0.3) is 5.91 Å². The van der Waals surface area contributed by atoms with E-state index in [9.17, 15) is 10.0 Å². The number of rotatable bonds is 4. The van der Waals surface area contributed by atoms with Crippen molar-refractivity contribution < 1.29 is 9.52 Å². The average molecular weight is 488 g/mol. The van der Waals surface area contributed by atoms with Gasteiger partial charge in [-0.2, -0.15) is 9.83 Å². The Morgan fingerprint density at radius 3 is 2.34 bits per heavy atom. The third-order valence-electron chi connectivity index (χ3n) is 4.96. The van der Waals surface area contributed by atoms with Crippen LogP contribution in [0, 0.1) is 19.1 Å². The zero-order valence-electron chi connectivity index (χ0n) is 17.1. The molecule has 6 nitrogen and oxygen atoms in total. The second-order valence-electron chi connectivity index (χ2n) is 7.18. The van der Waals surface area contributed by atoms with Crippen LogP contribution in [0.15, 0.2) is 60.8 Å². The number of nitrogens with zero attached hydrogens (tertiary/aromatic N) is 3. The lowest BCUT2D eigenvalue weighted by atomic mass is 10.1. The van der Waals surface area contributed by atoms with Crippen molar-refractivity contribution in [2.45, 2.75) is 13.8 Å². The van der Waals surface area contributed by atoms with Crippen LogP contribution in [-0.4, -0.2) is 15.7 Å². The lowest BCUT2D eigenvalue weighted by molar-refractivity contribution is -0.611. The zero-order chi connectivity index (χ0) is 23.0. The molecule has 0 unspecified atom stereocenters. The maximum Gasteiger partial charge on any atom is 0.276 e. The molecular formula is C23H17Cl3N4O2. The van der Waals surface area contributed by atoms with Gasteiger partial charge in [0.2, 0.25) is 6.20 Å². The number of aromatic nitrogens is 3. The van der Waals surface area contributed by atoms with E-state index in [0.29, 0.717) is 48.1 Å². The Labute approximate surface area is 199 Å². The third kappa shape index (κ3) is 4.30. The highest BCUT2D eigenvalue weighted by Gasteiger charge is 2.23. The van der Waals surface area contributed by atoms with Gasteiger partial charge in [-0.15, -0.1) is 0 Å². The fourth-order valence-corrected chi connectivity index (χ4v) is 3.92. The van der Waals surface area contributed by atoms with E-state index >= 15 is 0 Å². The van der Waals surface area contributed by atoms with Crippen LogP contribution >= 0.6 is 34.8 Å². The Hall–Kier alpha value is -3.06. The fourth-order valence-electron chi connectivity index (χ4n) is 3.30. The molecule has 0 aliphatic heterocycles. The Morgan fingerprint density at radius 2 is 1.69 bits per heavy atom. The second kappa shape index (κ2) is 8.82. The highest BCUT2D eigenvalue weighted by molar-refractivity contribution is 6.35. The van der Waals surface area contributed by atoms with Crippen LogP contribution < -0.4 is 10.0 Å². The van der Waals surface area contributed by atoms with Crippen LogP contribution in [0.1, 0.15) is 21.7 Å². The van der Waals surface area contributed by atoms with Crippen molar-refractivity contribution in [1.82, 2.24) is 9.78 Å². The van der Waals surface area contributed by atoms with Gasteiger partial charge < -0.3 is 10.5 Å². The van der Waals surface area contributed by atoms with Crippen LogP contribution in [0.25, 0.3) is 16.9 Å². The summed E-state index contributed by atoms with van der Waals surface area (Å²) in [6, 6.07) is 15.5. The molecule has 0 saturated carbocycles. The normalized spacial score (nSPS) is 10.9. The SMILES string of the molecule is Cc1c(C(=O)Nc2ccc(C)[n+]([O-])c2)nn(-c2ccc(Cl)cc2Cl)c1-c1ccc(Cl)cc1. The lowest BCUT2D eigenvalue weighted by Gasteiger charge is -2.11. The Balaban J connectivity index is 1.84. The molecular weight excluding hydrogens is 471 g/mol. The minimum Gasteiger partial charge on any atom is -0.618 e. The van der Waals surface area contributed by atoms with Gasteiger partial charge in [-0.3, -0.25) is 4.79 Å². The Kier molecular flexibility index (Phi) is 6.11. The quantitative estimate of drug-likeness (QED) is 0.283. The number of aryl methyl sites for hydroxylation is 1. The number of amides is 1. The molecule has 162 valence electrons. The number of hydrogen-bond acceptors (Lipinski definition) is 3. The highest BCUT2D eigenvalue weighted by Crippen LogP contribution is 2.33. The summed E-state index contributed by atoms with van der Waals surface area (Å²) in [5.41, 5.74) is 3.76. The Morgan fingerprint density at radius 1 is 1.00 bits per heavy atom. The summed E-state index contributed by atoms with van der Waals surface area (Å²) >= 11 is 18.6. The van der Waals surface area contributed by atoms with Crippen molar-refractivity contribution >= 4 is 46.4 Å². The summed E-state index contributed by atoms with van der Waals surface area (Å²) in [6.07, 6.45) is 1.30. The molecule has 0 bridgehead atoms. The minimum absolute atomic E-state index is 0.194. The van der Waals surface area contributed by atoms with Crippen molar-refractivity contribution in [3.8, 4) is 16.9 Å². The number of anilines is 1. The first-order valence-corrected chi connectivity index (χ1v) is 10.7. The van der Waals surface area contributed by atoms with Gasteiger partial charge in [-0.05, 0) is 43.3 Å². The van der Waals surface area contributed by atoms with Crippen LogP contribution in [0.3, 0.4) is 0 Å². The number of halogens is 3. The van der Waals surface area contributed by atoms with E-state index in [1.54, 1.807) is 61.0 Å². The Bertz CT molecular complexity index is 1330. The second-order valence-corrected chi connectivity index (χ2v) is 8.46. The molecule has 0 aliphatic carbocycles. The molecule has 0 spiro atoms. The first kappa shape index (κ1) is 22.1. The van der Waals surface area contributed by atoms with Crippen molar-refractivity contribution in [3.05, 3.63) is 98.0 Å². The van der Waals surface area contributed by atoms with Gasteiger partial charge in [0, 0.05) is 34.2 Å². The van der Waals surface area contributed by atoms with E-state index in [0.717, 1.165) is 5.56 Å². The van der Waals surface area contributed by atoms with Gasteiger partial charge in [-0.1, -0.05) is 46.9 Å². The molecule has 4 rings (SSSR count). The molecule has 0 fully saturated rings. The van der Waals surface area contributed by atoms with Crippen LogP contribution in [0.4, 0.5) is 5.69 Å². The summed E-state index contributed by atoms with van der Waals surface area (Å²) in [7, 11) is 0. The highest BCUT2D eigenvalue weighted by atomic mass is 35.5. The predicted molar refractivity (Wildman–Crippen MR) is 127 cm³/mol. The number of nitrogens with one attached hydrogen (secondary N) is 1. The zero-order valence-corrected chi connectivity index (χ0v) is 19.3. The van der Waals surface area contributed by atoms with Crippen molar-refractivity contribution in [2.75, 3.05) is 5.32 Å².